The van der Waals surface area contributed by atoms with Crippen LogP contribution in [0.5, 0.6) is 0 Å². The first-order valence-corrected chi connectivity index (χ1v) is 6.24. The highest BCUT2D eigenvalue weighted by atomic mass is 16.7. The van der Waals surface area contributed by atoms with Crippen LogP contribution in [0.2, 0.25) is 0 Å². The summed E-state index contributed by atoms with van der Waals surface area (Å²) in [6.07, 6.45) is 1.89. The first-order chi connectivity index (χ1) is 9.16. The van der Waals surface area contributed by atoms with Gasteiger partial charge in [0.05, 0.1) is 13.2 Å². The molecule has 1 aliphatic heterocycles. The molecule has 6 nitrogen and oxygen atoms in total. The Morgan fingerprint density at radius 2 is 2.00 bits per heavy atom. The smallest absolute Gasteiger partial charge is 0.265 e. The first-order valence-electron chi connectivity index (χ1n) is 6.24. The van der Waals surface area contributed by atoms with Crippen LogP contribution in [0, 0.1) is 0 Å². The molecule has 1 aliphatic rings. The van der Waals surface area contributed by atoms with E-state index in [1.165, 1.54) is 5.06 Å². The summed E-state index contributed by atoms with van der Waals surface area (Å²) in [6, 6.07) is 6.52. The number of rotatable bonds is 3. The molecule has 0 aromatic heterocycles. The molecule has 2 rings (SSSR count). The van der Waals surface area contributed by atoms with Gasteiger partial charge in [0.2, 0.25) is 0 Å². The Labute approximate surface area is 111 Å². The molecule has 19 heavy (non-hydrogen) atoms. The molecular formula is C13H17N3O3. The van der Waals surface area contributed by atoms with Crippen molar-refractivity contribution >= 4 is 17.5 Å². The van der Waals surface area contributed by atoms with Crippen molar-refractivity contribution in [3.63, 3.8) is 0 Å². The van der Waals surface area contributed by atoms with Crippen LogP contribution in [0.1, 0.15) is 23.2 Å². The maximum absolute atomic E-state index is 11.8. The van der Waals surface area contributed by atoms with Crippen molar-refractivity contribution in [2.24, 2.45) is 0 Å². The van der Waals surface area contributed by atoms with Gasteiger partial charge in [0.1, 0.15) is 0 Å². The molecule has 2 amide bonds. The number of nitrogen functional groups attached to an aromatic ring is 1. The Morgan fingerprint density at radius 1 is 1.26 bits per heavy atom. The Hall–Kier alpha value is -2.08. The van der Waals surface area contributed by atoms with Crippen molar-refractivity contribution in [2.45, 2.75) is 12.8 Å². The summed E-state index contributed by atoms with van der Waals surface area (Å²) in [7, 11) is 0. The number of benzene rings is 1. The van der Waals surface area contributed by atoms with Crippen LogP contribution in [-0.2, 0) is 9.63 Å². The molecule has 3 N–H and O–H groups in total. The Bertz CT molecular complexity index is 453. The Morgan fingerprint density at radius 3 is 2.63 bits per heavy atom. The van der Waals surface area contributed by atoms with E-state index in [9.17, 15) is 9.59 Å². The minimum atomic E-state index is -0.301. The summed E-state index contributed by atoms with van der Waals surface area (Å²) < 4.78 is 0. The number of hydrogen-bond donors (Lipinski definition) is 2. The van der Waals surface area contributed by atoms with Crippen molar-refractivity contribution in [1.29, 1.82) is 0 Å². The number of carbonyl (C=O) groups is 2. The van der Waals surface area contributed by atoms with E-state index in [0.717, 1.165) is 12.8 Å². The third-order valence-corrected chi connectivity index (χ3v) is 2.85. The number of hydrogen-bond acceptors (Lipinski definition) is 4. The lowest BCUT2D eigenvalue weighted by molar-refractivity contribution is -0.195. The zero-order chi connectivity index (χ0) is 13.7. The molecule has 102 valence electrons. The van der Waals surface area contributed by atoms with Crippen molar-refractivity contribution in [2.75, 3.05) is 25.4 Å². The van der Waals surface area contributed by atoms with Gasteiger partial charge in [-0.3, -0.25) is 14.4 Å². The monoisotopic (exact) mass is 263 g/mol. The maximum Gasteiger partial charge on any atom is 0.265 e. The molecule has 0 aliphatic carbocycles. The van der Waals surface area contributed by atoms with Crippen molar-refractivity contribution in [3.8, 4) is 0 Å². The van der Waals surface area contributed by atoms with Crippen LogP contribution in [0.15, 0.2) is 24.3 Å². The van der Waals surface area contributed by atoms with Gasteiger partial charge in [-0.05, 0) is 37.1 Å². The van der Waals surface area contributed by atoms with Crippen LogP contribution in [-0.4, -0.2) is 36.6 Å². The molecule has 0 spiro atoms. The maximum atomic E-state index is 11.8. The summed E-state index contributed by atoms with van der Waals surface area (Å²) in [4.78, 5) is 28.7. The minimum absolute atomic E-state index is 0.0663. The fourth-order valence-electron chi connectivity index (χ4n) is 1.77. The van der Waals surface area contributed by atoms with Crippen LogP contribution in [0.4, 0.5) is 5.69 Å². The van der Waals surface area contributed by atoms with Gasteiger partial charge in [0.25, 0.3) is 11.8 Å². The quantitative estimate of drug-likeness (QED) is 0.780. The number of nitrogens with one attached hydrogen (secondary N) is 1. The molecule has 1 aromatic carbocycles. The number of hydroxylamine groups is 2. The summed E-state index contributed by atoms with van der Waals surface area (Å²) >= 11 is 0. The van der Waals surface area contributed by atoms with Gasteiger partial charge in [0, 0.05) is 17.8 Å². The predicted octanol–water partition coefficient (Wildman–Crippen LogP) is 0.553. The number of nitrogens with zero attached hydrogens (tertiary/aromatic N) is 1. The lowest BCUT2D eigenvalue weighted by Gasteiger charge is -2.25. The second-order valence-electron chi connectivity index (χ2n) is 4.34. The summed E-state index contributed by atoms with van der Waals surface area (Å²) in [5.41, 5.74) is 6.60. The first kappa shape index (κ1) is 13.4. The third kappa shape index (κ3) is 3.69. The molecule has 1 heterocycles. The van der Waals surface area contributed by atoms with E-state index in [2.05, 4.69) is 5.32 Å². The second-order valence-corrected chi connectivity index (χ2v) is 4.34. The summed E-state index contributed by atoms with van der Waals surface area (Å²) in [5, 5.41) is 3.88. The SMILES string of the molecule is Nc1ccc(C(=O)NCC(=O)N2CCCCO2)cc1. The largest absolute Gasteiger partial charge is 0.399 e. The lowest BCUT2D eigenvalue weighted by atomic mass is 10.2. The van der Waals surface area contributed by atoms with Gasteiger partial charge in [-0.1, -0.05) is 0 Å². The third-order valence-electron chi connectivity index (χ3n) is 2.85. The van der Waals surface area contributed by atoms with E-state index in [-0.39, 0.29) is 18.4 Å². The number of carbonyl (C=O) groups excluding carboxylic acids is 2. The van der Waals surface area contributed by atoms with Crippen LogP contribution >= 0.6 is 0 Å². The standard InChI is InChI=1S/C13H17N3O3/c14-11-5-3-10(4-6-11)13(18)15-9-12(17)16-7-1-2-8-19-16/h3-6H,1-2,7-9,14H2,(H,15,18). The van der Waals surface area contributed by atoms with E-state index in [0.29, 0.717) is 24.4 Å². The molecule has 6 heteroatoms. The molecule has 1 aromatic rings. The van der Waals surface area contributed by atoms with Gasteiger partial charge in [0.15, 0.2) is 0 Å². The lowest BCUT2D eigenvalue weighted by Crippen LogP contribution is -2.42. The van der Waals surface area contributed by atoms with Crippen molar-refractivity contribution in [1.82, 2.24) is 10.4 Å². The van der Waals surface area contributed by atoms with E-state index in [4.69, 9.17) is 10.6 Å². The van der Waals surface area contributed by atoms with E-state index in [1.54, 1.807) is 24.3 Å². The molecular weight excluding hydrogens is 246 g/mol. The van der Waals surface area contributed by atoms with Crippen molar-refractivity contribution in [3.05, 3.63) is 29.8 Å². The second kappa shape index (κ2) is 6.19. The molecule has 0 unspecified atom stereocenters. The molecule has 1 fully saturated rings. The van der Waals surface area contributed by atoms with Gasteiger partial charge >= 0.3 is 0 Å². The molecule has 0 bridgehead atoms. The average molecular weight is 263 g/mol. The molecule has 1 saturated heterocycles. The molecule has 0 atom stereocenters. The number of anilines is 1. The van der Waals surface area contributed by atoms with E-state index in [1.807, 2.05) is 0 Å². The van der Waals surface area contributed by atoms with Gasteiger partial charge in [-0.15, -0.1) is 0 Å². The zero-order valence-electron chi connectivity index (χ0n) is 10.6. The summed E-state index contributed by atoms with van der Waals surface area (Å²) in [5.74, 6) is -0.533. The van der Waals surface area contributed by atoms with E-state index < -0.39 is 0 Å². The fraction of sp³-hybridized carbons (Fsp3) is 0.385. The topological polar surface area (TPSA) is 84.7 Å². The fourth-order valence-corrected chi connectivity index (χ4v) is 1.77. The van der Waals surface area contributed by atoms with Crippen molar-refractivity contribution < 1.29 is 14.4 Å². The van der Waals surface area contributed by atoms with Gasteiger partial charge in [-0.25, -0.2) is 5.06 Å². The zero-order valence-corrected chi connectivity index (χ0v) is 10.6. The highest BCUT2D eigenvalue weighted by Gasteiger charge is 2.18. The van der Waals surface area contributed by atoms with Crippen LogP contribution in [0.25, 0.3) is 0 Å². The Balaban J connectivity index is 1.82. The van der Waals surface area contributed by atoms with Crippen LogP contribution in [0.3, 0.4) is 0 Å². The normalized spacial score (nSPS) is 15.1. The number of nitrogens with two attached hydrogens (primary N) is 1. The highest BCUT2D eigenvalue weighted by Crippen LogP contribution is 2.07. The number of amides is 2. The Kier molecular flexibility index (Phi) is 4.35. The molecule has 0 saturated carbocycles. The molecule has 0 radical (unpaired) electrons. The van der Waals surface area contributed by atoms with Gasteiger partial charge in [-0.2, -0.15) is 0 Å². The van der Waals surface area contributed by atoms with E-state index >= 15 is 0 Å². The predicted molar refractivity (Wildman–Crippen MR) is 70.1 cm³/mol. The summed E-state index contributed by atoms with van der Waals surface area (Å²) in [6.45, 7) is 1.07. The minimum Gasteiger partial charge on any atom is -0.399 e. The average Bonchev–Trinajstić information content (AvgIpc) is 2.46. The highest BCUT2D eigenvalue weighted by molar-refractivity contribution is 5.96. The van der Waals surface area contributed by atoms with Gasteiger partial charge < -0.3 is 11.1 Å². The van der Waals surface area contributed by atoms with Crippen LogP contribution < -0.4 is 11.1 Å².